The number of aromatic nitrogens is 4. The molecule has 3 saturated carbocycles. The number of amides is 4. The minimum absolute atomic E-state index is 0.0857. The average Bonchev–Trinajstić information content (AvgIpc) is 3.88. The first-order valence-corrected chi connectivity index (χ1v) is 20.7. The van der Waals surface area contributed by atoms with Gasteiger partial charge in [0, 0.05) is 17.6 Å². The second-order valence-electron chi connectivity index (χ2n) is 18.1. The minimum atomic E-state index is -0.684. The Balaban J connectivity index is 0.872. The van der Waals surface area contributed by atoms with Crippen molar-refractivity contribution in [2.75, 3.05) is 14.2 Å². The van der Waals surface area contributed by atoms with E-state index in [-0.39, 0.29) is 53.2 Å². The molecule has 306 valence electrons. The summed E-state index contributed by atoms with van der Waals surface area (Å²) in [6.45, 7) is 9.97. The first kappa shape index (κ1) is 37.4. The fourth-order valence-electron chi connectivity index (χ4n) is 10.7. The summed E-state index contributed by atoms with van der Waals surface area (Å²) in [5.74, 6) is 2.42. The van der Waals surface area contributed by atoms with E-state index >= 15 is 0 Å². The standard InChI is InChI=1S/C45H50N8O6/c1-20(2)35(50-43(56)58-6)41(54)52-31-17-27(31)18-32(52)39-46-19-30(49-39)26-11-10-22-14-23(8-9-24(22)15-26)25-12-13-28-29(16-25)48-40(47-28)37-33-34-38(45(33,34)5)53(37)42(55)36(21(3)4)51-44(57)59-7/h8-16,19-21,27,31-38H,17-18H2,1-7H3,(H,46,49)(H,47,48)(H,50,56)(H,51,57)/t27-,31-,32+,33?,34-,35+,36+,37+,38+,45-/m1/s1. The quantitative estimate of drug-likeness (QED) is 0.121. The third-order valence-electron chi connectivity index (χ3n) is 14.1. The van der Waals surface area contributed by atoms with Crippen molar-refractivity contribution in [2.45, 2.75) is 83.7 Å². The predicted octanol–water partition coefficient (Wildman–Crippen LogP) is 6.71. The predicted molar refractivity (Wildman–Crippen MR) is 220 cm³/mol. The Labute approximate surface area is 341 Å². The van der Waals surface area contributed by atoms with Crippen LogP contribution in [0.2, 0.25) is 0 Å². The molecule has 14 heteroatoms. The van der Waals surface area contributed by atoms with Gasteiger partial charge in [0.1, 0.15) is 23.7 Å². The lowest BCUT2D eigenvalue weighted by Gasteiger charge is -2.31. The fourth-order valence-corrected chi connectivity index (χ4v) is 10.7. The van der Waals surface area contributed by atoms with Crippen LogP contribution in [0, 0.1) is 35.0 Å². The Morgan fingerprint density at radius 1 is 0.763 bits per heavy atom. The van der Waals surface area contributed by atoms with E-state index < -0.39 is 24.3 Å². The van der Waals surface area contributed by atoms with Gasteiger partial charge in [0.25, 0.3) is 0 Å². The number of rotatable bonds is 10. The Morgan fingerprint density at radius 2 is 1.36 bits per heavy atom. The van der Waals surface area contributed by atoms with Crippen molar-refractivity contribution in [1.29, 1.82) is 0 Å². The summed E-state index contributed by atoms with van der Waals surface area (Å²) in [7, 11) is 2.61. The van der Waals surface area contributed by atoms with Gasteiger partial charge in [-0.2, -0.15) is 0 Å². The summed E-state index contributed by atoms with van der Waals surface area (Å²) >= 11 is 0. The number of imidazole rings is 2. The van der Waals surface area contributed by atoms with Crippen molar-refractivity contribution in [3.63, 3.8) is 0 Å². The van der Waals surface area contributed by atoms with Crippen LogP contribution in [0.25, 0.3) is 44.2 Å². The van der Waals surface area contributed by atoms with Gasteiger partial charge >= 0.3 is 12.2 Å². The molecule has 3 saturated heterocycles. The van der Waals surface area contributed by atoms with Crippen molar-refractivity contribution in [3.05, 3.63) is 72.4 Å². The van der Waals surface area contributed by atoms with Crippen molar-refractivity contribution in [2.24, 2.45) is 35.0 Å². The topological polar surface area (TPSA) is 175 Å². The number of hydrogen-bond donors (Lipinski definition) is 4. The largest absolute Gasteiger partial charge is 0.453 e. The summed E-state index contributed by atoms with van der Waals surface area (Å²) in [6.07, 6.45) is 2.43. The molecule has 3 aliphatic carbocycles. The smallest absolute Gasteiger partial charge is 0.407 e. The summed E-state index contributed by atoms with van der Waals surface area (Å²) in [6, 6.07) is 17.7. The molecule has 5 aromatic rings. The lowest BCUT2D eigenvalue weighted by molar-refractivity contribution is -0.137. The van der Waals surface area contributed by atoms with Crippen LogP contribution in [0.3, 0.4) is 0 Å². The van der Waals surface area contributed by atoms with Crippen LogP contribution < -0.4 is 10.6 Å². The third kappa shape index (κ3) is 5.80. The third-order valence-corrected chi connectivity index (χ3v) is 14.1. The molecule has 6 aliphatic rings. The molecule has 11 rings (SSSR count). The van der Waals surface area contributed by atoms with Gasteiger partial charge in [-0.3, -0.25) is 9.59 Å². The number of methoxy groups -OCH3 is 2. The zero-order chi connectivity index (χ0) is 41.2. The van der Waals surface area contributed by atoms with Crippen molar-refractivity contribution in [3.8, 4) is 22.4 Å². The van der Waals surface area contributed by atoms with E-state index in [4.69, 9.17) is 19.4 Å². The summed E-state index contributed by atoms with van der Waals surface area (Å²) in [4.78, 5) is 72.9. The highest BCUT2D eigenvalue weighted by Crippen LogP contribution is 2.90. The number of hydrogen-bond acceptors (Lipinski definition) is 8. The molecule has 3 aromatic carbocycles. The first-order chi connectivity index (χ1) is 28.3. The maximum atomic E-state index is 14.0. The number of H-pyrrole nitrogens is 2. The van der Waals surface area contributed by atoms with Crippen LogP contribution in [-0.4, -0.2) is 92.1 Å². The Morgan fingerprint density at radius 3 is 2.00 bits per heavy atom. The van der Waals surface area contributed by atoms with Gasteiger partial charge in [-0.05, 0) is 94.0 Å². The first-order valence-electron chi connectivity index (χ1n) is 20.7. The van der Waals surface area contributed by atoms with Gasteiger partial charge in [-0.15, -0.1) is 0 Å². The SMILES string of the molecule is COC(=O)N[C@H](C(=O)N1[C@H](c2nc3ccc(-c4ccc5cc(-c6cnc([C@@H]7C[C@H]8C[C@H]8N7C(=O)[C@@H](NC(=O)OC)C(C)C)[nH]6)ccc5c4)cc3[nH]2)C2[C@@H]3[C@H]1[C@]23C)C(C)C. The van der Waals surface area contributed by atoms with Gasteiger partial charge < -0.3 is 39.9 Å². The molecule has 0 radical (unpaired) electrons. The van der Waals surface area contributed by atoms with Gasteiger partial charge in [-0.1, -0.05) is 65.0 Å². The van der Waals surface area contributed by atoms with Crippen LogP contribution in [0.15, 0.2) is 60.8 Å². The molecule has 6 fully saturated rings. The van der Waals surface area contributed by atoms with Gasteiger partial charge in [0.2, 0.25) is 11.8 Å². The number of nitrogens with one attached hydrogen (secondary N) is 4. The summed E-state index contributed by atoms with van der Waals surface area (Å²) in [5.41, 5.74) is 5.87. The molecule has 0 spiro atoms. The van der Waals surface area contributed by atoms with E-state index in [1.54, 1.807) is 0 Å². The number of carbonyl (C=O) groups is 4. The molecular formula is C45H50N8O6. The van der Waals surface area contributed by atoms with Gasteiger partial charge in [-0.25, -0.2) is 19.6 Å². The molecule has 59 heavy (non-hydrogen) atoms. The maximum Gasteiger partial charge on any atom is 0.407 e. The van der Waals surface area contributed by atoms with Crippen molar-refractivity contribution >= 4 is 45.8 Å². The summed E-state index contributed by atoms with van der Waals surface area (Å²) < 4.78 is 9.65. The molecule has 4 amide bonds. The molecule has 5 heterocycles. The van der Waals surface area contributed by atoms with Crippen LogP contribution in [0.4, 0.5) is 9.59 Å². The number of nitrogens with zero attached hydrogens (tertiary/aromatic N) is 4. The number of benzene rings is 3. The molecule has 14 nitrogen and oxygen atoms in total. The Bertz CT molecular complexity index is 2560. The van der Waals surface area contributed by atoms with Crippen LogP contribution in [-0.2, 0) is 19.1 Å². The molecule has 4 N–H and O–H groups in total. The van der Waals surface area contributed by atoms with Crippen molar-refractivity contribution < 1.29 is 28.7 Å². The molecular weight excluding hydrogens is 749 g/mol. The number of likely N-dealkylation sites (tertiary alicyclic amines) is 1. The van der Waals surface area contributed by atoms with E-state index in [9.17, 15) is 19.2 Å². The second-order valence-corrected chi connectivity index (χ2v) is 18.1. The van der Waals surface area contributed by atoms with Gasteiger partial charge in [0.15, 0.2) is 0 Å². The number of piperidine rings is 2. The normalized spacial score (nSPS) is 28.1. The number of alkyl carbamates (subject to hydrolysis) is 2. The van der Waals surface area contributed by atoms with E-state index in [0.29, 0.717) is 17.8 Å². The minimum Gasteiger partial charge on any atom is -0.453 e. The van der Waals surface area contributed by atoms with Crippen LogP contribution >= 0.6 is 0 Å². The second kappa shape index (κ2) is 13.3. The summed E-state index contributed by atoms with van der Waals surface area (Å²) in [5, 5.41) is 7.70. The number of aromatic amines is 2. The number of ether oxygens (including phenoxy) is 2. The molecule has 3 aliphatic heterocycles. The number of fused-ring (bicyclic) bond motifs is 4. The van der Waals surface area contributed by atoms with E-state index in [2.05, 4.69) is 76.1 Å². The highest BCUT2D eigenvalue weighted by atomic mass is 16.5. The maximum absolute atomic E-state index is 14.0. The zero-order valence-electron chi connectivity index (χ0n) is 34.3. The molecule has 2 aromatic heterocycles. The number of carbonyl (C=O) groups excluding carboxylic acids is 4. The van der Waals surface area contributed by atoms with Crippen LogP contribution in [0.1, 0.15) is 71.2 Å². The highest BCUT2D eigenvalue weighted by Gasteiger charge is 2.94. The molecule has 1 unspecified atom stereocenters. The van der Waals surface area contributed by atoms with Crippen LogP contribution in [0.5, 0.6) is 0 Å². The van der Waals surface area contributed by atoms with E-state index in [0.717, 1.165) is 68.7 Å². The lowest BCUT2D eigenvalue weighted by Crippen LogP contribution is -2.52. The van der Waals surface area contributed by atoms with Gasteiger partial charge in [0.05, 0.1) is 49.2 Å². The zero-order valence-corrected chi connectivity index (χ0v) is 34.3. The molecule has 10 atom stereocenters. The average molecular weight is 799 g/mol. The fraction of sp³-hybridized carbons (Fsp3) is 0.467. The van der Waals surface area contributed by atoms with Crippen molar-refractivity contribution in [1.82, 2.24) is 40.4 Å². The van der Waals surface area contributed by atoms with E-state index in [1.807, 2.05) is 49.8 Å². The highest BCUT2D eigenvalue weighted by molar-refractivity contribution is 5.93. The Kier molecular flexibility index (Phi) is 8.42. The Hall–Kier alpha value is -5.92. The monoisotopic (exact) mass is 798 g/mol. The lowest BCUT2D eigenvalue weighted by atomic mass is 9.99. The van der Waals surface area contributed by atoms with E-state index in [1.165, 1.54) is 14.2 Å². The molecule has 2 bridgehead atoms.